The zero-order chi connectivity index (χ0) is 17.1. The number of carbonyl (C=O) groups excluding carboxylic acids is 1. The second kappa shape index (κ2) is 7.10. The van der Waals surface area contributed by atoms with Gasteiger partial charge in [-0.2, -0.15) is 4.80 Å². The van der Waals surface area contributed by atoms with Crippen molar-refractivity contribution in [3.63, 3.8) is 0 Å². The van der Waals surface area contributed by atoms with Crippen molar-refractivity contribution >= 4 is 17.2 Å². The monoisotopic (exact) mass is 354 g/mol. The Balaban J connectivity index is 1.43. The summed E-state index contributed by atoms with van der Waals surface area (Å²) in [5.74, 6) is 0.736. The van der Waals surface area contributed by atoms with E-state index < -0.39 is 0 Å². The maximum absolute atomic E-state index is 12.6. The highest BCUT2D eigenvalue weighted by Gasteiger charge is 2.29. The van der Waals surface area contributed by atoms with Gasteiger partial charge in [0, 0.05) is 29.4 Å². The Morgan fingerprint density at radius 3 is 3.08 bits per heavy atom. The maximum atomic E-state index is 12.6. The van der Waals surface area contributed by atoms with Crippen LogP contribution in [0.5, 0.6) is 0 Å². The first-order valence-corrected chi connectivity index (χ1v) is 9.17. The summed E-state index contributed by atoms with van der Waals surface area (Å²) in [7, 11) is 0. The molecule has 4 heterocycles. The minimum Gasteiger partial charge on any atom is -0.337 e. The topological polar surface area (TPSA) is 76.8 Å². The Labute approximate surface area is 149 Å². The average Bonchev–Trinajstić information content (AvgIpc) is 3.38. The number of tetrazole rings is 1. The largest absolute Gasteiger partial charge is 0.337 e. The first-order chi connectivity index (χ1) is 12.3. The molecule has 128 valence electrons. The molecule has 7 nitrogen and oxygen atoms in total. The van der Waals surface area contributed by atoms with Gasteiger partial charge in [0.05, 0.1) is 19.0 Å². The van der Waals surface area contributed by atoms with Gasteiger partial charge in [-0.25, -0.2) is 0 Å². The molecule has 0 unspecified atom stereocenters. The lowest BCUT2D eigenvalue weighted by Crippen LogP contribution is -2.39. The SMILES string of the molecule is O=C(Cc1cccs1)N1CCC[C@H]1Cn1nnc(-c2cccnc2)n1. The molecule has 3 aromatic rings. The smallest absolute Gasteiger partial charge is 0.228 e. The van der Waals surface area contributed by atoms with Gasteiger partial charge in [0.1, 0.15) is 0 Å². The number of carbonyl (C=O) groups is 1. The lowest BCUT2D eigenvalue weighted by atomic mass is 10.2. The zero-order valence-electron chi connectivity index (χ0n) is 13.7. The van der Waals surface area contributed by atoms with Crippen molar-refractivity contribution in [1.82, 2.24) is 30.1 Å². The van der Waals surface area contributed by atoms with Gasteiger partial charge in [0.2, 0.25) is 11.7 Å². The van der Waals surface area contributed by atoms with Crippen LogP contribution in [0.3, 0.4) is 0 Å². The van der Waals surface area contributed by atoms with Crippen molar-refractivity contribution in [2.24, 2.45) is 0 Å². The Kier molecular flexibility index (Phi) is 4.51. The quantitative estimate of drug-likeness (QED) is 0.701. The third-order valence-electron chi connectivity index (χ3n) is 4.35. The number of nitrogens with zero attached hydrogens (tertiary/aromatic N) is 6. The van der Waals surface area contributed by atoms with Crippen LogP contribution in [-0.2, 0) is 17.8 Å². The van der Waals surface area contributed by atoms with E-state index in [1.807, 2.05) is 34.5 Å². The summed E-state index contributed by atoms with van der Waals surface area (Å²) < 4.78 is 0. The normalized spacial score (nSPS) is 17.1. The molecule has 0 saturated carbocycles. The van der Waals surface area contributed by atoms with Crippen molar-refractivity contribution < 1.29 is 4.79 Å². The molecule has 1 aliphatic rings. The van der Waals surface area contributed by atoms with E-state index in [9.17, 15) is 4.79 Å². The van der Waals surface area contributed by atoms with Crippen LogP contribution in [0.15, 0.2) is 42.0 Å². The van der Waals surface area contributed by atoms with Gasteiger partial charge >= 0.3 is 0 Å². The van der Waals surface area contributed by atoms with Crippen LogP contribution in [0.25, 0.3) is 11.4 Å². The number of hydrogen-bond donors (Lipinski definition) is 0. The zero-order valence-corrected chi connectivity index (χ0v) is 14.5. The van der Waals surface area contributed by atoms with Crippen LogP contribution < -0.4 is 0 Å². The summed E-state index contributed by atoms with van der Waals surface area (Å²) in [6.07, 6.45) is 5.89. The summed E-state index contributed by atoms with van der Waals surface area (Å²) in [6.45, 7) is 1.38. The molecule has 0 spiro atoms. The molecule has 0 aliphatic carbocycles. The summed E-state index contributed by atoms with van der Waals surface area (Å²) in [6, 6.07) is 7.86. The van der Waals surface area contributed by atoms with Crippen LogP contribution >= 0.6 is 11.3 Å². The summed E-state index contributed by atoms with van der Waals surface area (Å²) in [4.78, 5) is 21.3. The molecule has 4 rings (SSSR count). The summed E-state index contributed by atoms with van der Waals surface area (Å²) >= 11 is 1.62. The van der Waals surface area contributed by atoms with Gasteiger partial charge in [-0.15, -0.1) is 21.5 Å². The number of thiophene rings is 1. The van der Waals surface area contributed by atoms with Crippen LogP contribution in [0.2, 0.25) is 0 Å². The van der Waals surface area contributed by atoms with E-state index in [0.717, 1.165) is 29.8 Å². The molecular weight excluding hydrogens is 336 g/mol. The fourth-order valence-electron chi connectivity index (χ4n) is 3.14. The summed E-state index contributed by atoms with van der Waals surface area (Å²) in [5.41, 5.74) is 0.839. The van der Waals surface area contributed by atoms with Crippen LogP contribution in [-0.4, -0.2) is 48.6 Å². The molecule has 1 amide bonds. The molecule has 0 N–H and O–H groups in total. The molecule has 3 aromatic heterocycles. The number of hydrogen-bond acceptors (Lipinski definition) is 6. The Bertz CT molecular complexity index is 832. The molecule has 0 radical (unpaired) electrons. The van der Waals surface area contributed by atoms with Crippen LogP contribution in [0.1, 0.15) is 17.7 Å². The van der Waals surface area contributed by atoms with Crippen molar-refractivity contribution in [2.45, 2.75) is 31.8 Å². The fraction of sp³-hybridized carbons (Fsp3) is 0.353. The standard InChI is InChI=1S/C17H18N6OS/c24-16(10-15-6-3-9-25-15)22-8-2-5-14(22)12-23-20-17(19-21-23)13-4-1-7-18-11-13/h1,3-4,6-7,9,11,14H,2,5,8,10,12H2/t14-/m0/s1. The molecule has 1 saturated heterocycles. The minimum atomic E-state index is 0.128. The maximum Gasteiger partial charge on any atom is 0.228 e. The number of pyridine rings is 1. The van der Waals surface area contributed by atoms with Gasteiger partial charge < -0.3 is 4.90 Å². The second-order valence-corrected chi connectivity index (χ2v) is 7.08. The highest BCUT2D eigenvalue weighted by molar-refractivity contribution is 7.10. The molecule has 1 fully saturated rings. The Morgan fingerprint density at radius 2 is 2.28 bits per heavy atom. The van der Waals surface area contributed by atoms with E-state index in [1.165, 1.54) is 0 Å². The summed E-state index contributed by atoms with van der Waals surface area (Å²) in [5, 5.41) is 14.7. The fourth-order valence-corrected chi connectivity index (χ4v) is 3.83. The predicted octanol–water partition coefficient (Wildman–Crippen LogP) is 2.03. The van der Waals surface area contributed by atoms with Gasteiger partial charge in [-0.05, 0) is 41.6 Å². The van der Waals surface area contributed by atoms with Crippen LogP contribution in [0.4, 0.5) is 0 Å². The first-order valence-electron chi connectivity index (χ1n) is 8.29. The van der Waals surface area contributed by atoms with E-state index in [0.29, 0.717) is 18.8 Å². The highest BCUT2D eigenvalue weighted by atomic mass is 32.1. The van der Waals surface area contributed by atoms with Crippen molar-refractivity contribution in [1.29, 1.82) is 0 Å². The van der Waals surface area contributed by atoms with E-state index in [-0.39, 0.29) is 11.9 Å². The van der Waals surface area contributed by atoms with Gasteiger partial charge in [-0.3, -0.25) is 9.78 Å². The minimum absolute atomic E-state index is 0.128. The van der Waals surface area contributed by atoms with E-state index >= 15 is 0 Å². The molecule has 1 aliphatic heterocycles. The number of likely N-dealkylation sites (tertiary alicyclic amines) is 1. The third-order valence-corrected chi connectivity index (χ3v) is 5.23. The number of amides is 1. The van der Waals surface area contributed by atoms with Crippen LogP contribution in [0, 0.1) is 0 Å². The Morgan fingerprint density at radius 1 is 1.32 bits per heavy atom. The van der Waals surface area contributed by atoms with E-state index in [2.05, 4.69) is 20.4 Å². The van der Waals surface area contributed by atoms with E-state index in [1.54, 1.807) is 28.5 Å². The third kappa shape index (κ3) is 3.58. The molecule has 0 aromatic carbocycles. The second-order valence-electron chi connectivity index (χ2n) is 6.05. The number of aromatic nitrogens is 5. The highest BCUT2D eigenvalue weighted by Crippen LogP contribution is 2.21. The van der Waals surface area contributed by atoms with Crippen molar-refractivity contribution in [2.75, 3.05) is 6.54 Å². The lowest BCUT2D eigenvalue weighted by Gasteiger charge is -2.23. The molecule has 0 bridgehead atoms. The Hall–Kier alpha value is -2.61. The van der Waals surface area contributed by atoms with Crippen molar-refractivity contribution in [3.05, 3.63) is 46.9 Å². The van der Waals surface area contributed by atoms with Gasteiger partial charge in [0.15, 0.2) is 0 Å². The molecule has 25 heavy (non-hydrogen) atoms. The first kappa shape index (κ1) is 15.9. The average molecular weight is 354 g/mol. The lowest BCUT2D eigenvalue weighted by molar-refractivity contribution is -0.131. The van der Waals surface area contributed by atoms with E-state index in [4.69, 9.17) is 0 Å². The van der Waals surface area contributed by atoms with Gasteiger partial charge in [0.25, 0.3) is 0 Å². The predicted molar refractivity (Wildman–Crippen MR) is 93.8 cm³/mol. The number of rotatable bonds is 5. The van der Waals surface area contributed by atoms with Gasteiger partial charge in [-0.1, -0.05) is 6.07 Å². The molecule has 8 heteroatoms. The van der Waals surface area contributed by atoms with Crippen molar-refractivity contribution in [3.8, 4) is 11.4 Å². The molecular formula is C17H18N6OS. The molecule has 1 atom stereocenters.